The standard InChI is InChI=1S/C19H25N5O2/c1-3-4-16(25)23-8-5-14(6-9-23)17-13(2)11-15(22-18(17)19(20)26)24-10-7-21-12-24/h7,10-12,14H,3-6,8-9H2,1-2H3,(H2,20,26). The van der Waals surface area contributed by atoms with Crippen molar-refractivity contribution in [3.63, 3.8) is 0 Å². The highest BCUT2D eigenvalue weighted by Gasteiger charge is 2.28. The number of amides is 2. The van der Waals surface area contributed by atoms with E-state index in [1.165, 1.54) is 0 Å². The van der Waals surface area contributed by atoms with Gasteiger partial charge in [0.15, 0.2) is 0 Å². The Morgan fingerprint density at radius 1 is 1.31 bits per heavy atom. The summed E-state index contributed by atoms with van der Waals surface area (Å²) >= 11 is 0. The van der Waals surface area contributed by atoms with Gasteiger partial charge in [-0.2, -0.15) is 0 Å². The van der Waals surface area contributed by atoms with Crippen LogP contribution < -0.4 is 5.73 Å². The number of nitrogens with zero attached hydrogens (tertiary/aromatic N) is 4. The summed E-state index contributed by atoms with van der Waals surface area (Å²) in [6, 6.07) is 1.96. The van der Waals surface area contributed by atoms with Crippen molar-refractivity contribution in [3.05, 3.63) is 41.6 Å². The van der Waals surface area contributed by atoms with Crippen LogP contribution in [-0.4, -0.2) is 44.3 Å². The van der Waals surface area contributed by atoms with Crippen molar-refractivity contribution in [1.29, 1.82) is 0 Å². The average molecular weight is 355 g/mol. The predicted molar refractivity (Wildman–Crippen MR) is 98.1 cm³/mol. The number of primary amides is 1. The van der Waals surface area contributed by atoms with E-state index in [9.17, 15) is 9.59 Å². The van der Waals surface area contributed by atoms with E-state index >= 15 is 0 Å². The Kier molecular flexibility index (Phi) is 5.35. The zero-order valence-corrected chi connectivity index (χ0v) is 15.3. The van der Waals surface area contributed by atoms with Gasteiger partial charge in [0.25, 0.3) is 5.91 Å². The summed E-state index contributed by atoms with van der Waals surface area (Å²) < 4.78 is 1.76. The molecule has 3 rings (SSSR count). The molecule has 1 saturated heterocycles. The van der Waals surface area contributed by atoms with Gasteiger partial charge in [-0.1, -0.05) is 6.92 Å². The third-order valence-corrected chi connectivity index (χ3v) is 4.97. The molecule has 0 atom stereocenters. The maximum absolute atomic E-state index is 12.1. The Morgan fingerprint density at radius 3 is 2.62 bits per heavy atom. The lowest BCUT2D eigenvalue weighted by Crippen LogP contribution is -2.38. The molecule has 0 bridgehead atoms. The Labute approximate surface area is 153 Å². The van der Waals surface area contributed by atoms with Gasteiger partial charge in [0, 0.05) is 31.9 Å². The molecular formula is C19H25N5O2. The lowest BCUT2D eigenvalue weighted by Gasteiger charge is -2.33. The molecule has 0 unspecified atom stereocenters. The number of hydrogen-bond acceptors (Lipinski definition) is 4. The van der Waals surface area contributed by atoms with E-state index in [0.29, 0.717) is 31.0 Å². The van der Waals surface area contributed by atoms with Gasteiger partial charge >= 0.3 is 0 Å². The number of aromatic nitrogens is 3. The molecule has 26 heavy (non-hydrogen) atoms. The van der Waals surface area contributed by atoms with Gasteiger partial charge in [0.2, 0.25) is 5.91 Å². The van der Waals surface area contributed by atoms with E-state index in [0.717, 1.165) is 30.4 Å². The van der Waals surface area contributed by atoms with Gasteiger partial charge in [0.05, 0.1) is 0 Å². The molecule has 0 saturated carbocycles. The summed E-state index contributed by atoms with van der Waals surface area (Å²) in [7, 11) is 0. The second-order valence-electron chi connectivity index (χ2n) is 6.80. The van der Waals surface area contributed by atoms with E-state index in [4.69, 9.17) is 5.73 Å². The van der Waals surface area contributed by atoms with E-state index in [1.54, 1.807) is 23.3 Å². The first-order chi connectivity index (χ1) is 12.5. The Morgan fingerprint density at radius 2 is 2.04 bits per heavy atom. The monoisotopic (exact) mass is 355 g/mol. The first-order valence-electron chi connectivity index (χ1n) is 9.08. The number of aryl methyl sites for hydroxylation is 1. The summed E-state index contributed by atoms with van der Waals surface area (Å²) in [6.45, 7) is 5.42. The molecule has 1 aliphatic rings. The van der Waals surface area contributed by atoms with Crippen LogP contribution in [0, 0.1) is 6.92 Å². The normalized spacial score (nSPS) is 15.2. The molecule has 138 valence electrons. The van der Waals surface area contributed by atoms with Crippen LogP contribution in [0.4, 0.5) is 0 Å². The number of carbonyl (C=O) groups excluding carboxylic acids is 2. The van der Waals surface area contributed by atoms with Gasteiger partial charge in [-0.25, -0.2) is 9.97 Å². The first kappa shape index (κ1) is 18.1. The van der Waals surface area contributed by atoms with Crippen molar-refractivity contribution in [1.82, 2.24) is 19.4 Å². The first-order valence-corrected chi connectivity index (χ1v) is 9.08. The van der Waals surface area contributed by atoms with Crippen LogP contribution in [0.1, 0.15) is 60.1 Å². The minimum absolute atomic E-state index is 0.188. The summed E-state index contributed by atoms with van der Waals surface area (Å²) in [5, 5.41) is 0. The van der Waals surface area contributed by atoms with Crippen LogP contribution in [-0.2, 0) is 4.79 Å². The summed E-state index contributed by atoms with van der Waals surface area (Å²) in [5.74, 6) is 0.515. The number of imidazole rings is 1. The van der Waals surface area contributed by atoms with Crippen molar-refractivity contribution >= 4 is 11.8 Å². The van der Waals surface area contributed by atoms with Crippen LogP contribution in [0.5, 0.6) is 0 Å². The Balaban J connectivity index is 1.86. The fraction of sp³-hybridized carbons (Fsp3) is 0.474. The fourth-order valence-electron chi connectivity index (χ4n) is 3.68. The number of likely N-dealkylation sites (tertiary alicyclic amines) is 1. The largest absolute Gasteiger partial charge is 0.364 e. The lowest BCUT2D eigenvalue weighted by molar-refractivity contribution is -0.132. The van der Waals surface area contributed by atoms with Crippen LogP contribution in [0.2, 0.25) is 0 Å². The molecule has 2 amide bonds. The summed E-state index contributed by atoms with van der Waals surface area (Å²) in [4.78, 5) is 34.6. The van der Waals surface area contributed by atoms with E-state index in [-0.39, 0.29) is 11.8 Å². The van der Waals surface area contributed by atoms with Crippen molar-refractivity contribution in [2.75, 3.05) is 13.1 Å². The second kappa shape index (κ2) is 7.68. The molecule has 1 fully saturated rings. The van der Waals surface area contributed by atoms with E-state index in [1.807, 2.05) is 24.8 Å². The molecular weight excluding hydrogens is 330 g/mol. The van der Waals surface area contributed by atoms with Crippen LogP contribution >= 0.6 is 0 Å². The Bertz CT molecular complexity index is 793. The summed E-state index contributed by atoms with van der Waals surface area (Å²) in [6.07, 6.45) is 8.19. The predicted octanol–water partition coefficient (Wildman–Crippen LogP) is 2.18. The maximum Gasteiger partial charge on any atom is 0.267 e. The second-order valence-corrected chi connectivity index (χ2v) is 6.80. The summed E-state index contributed by atoms with van der Waals surface area (Å²) in [5.41, 5.74) is 7.88. The zero-order valence-electron chi connectivity index (χ0n) is 15.3. The average Bonchev–Trinajstić information content (AvgIpc) is 3.16. The van der Waals surface area contributed by atoms with Gasteiger partial charge in [-0.15, -0.1) is 0 Å². The van der Waals surface area contributed by atoms with Gasteiger partial charge in [-0.3, -0.25) is 14.2 Å². The molecule has 0 spiro atoms. The molecule has 0 aromatic carbocycles. The minimum atomic E-state index is -0.519. The lowest BCUT2D eigenvalue weighted by atomic mass is 9.85. The molecule has 3 heterocycles. The fourth-order valence-corrected chi connectivity index (χ4v) is 3.68. The molecule has 0 radical (unpaired) electrons. The number of rotatable bonds is 5. The minimum Gasteiger partial charge on any atom is -0.364 e. The van der Waals surface area contributed by atoms with E-state index in [2.05, 4.69) is 9.97 Å². The quantitative estimate of drug-likeness (QED) is 0.889. The zero-order chi connectivity index (χ0) is 18.7. The third-order valence-electron chi connectivity index (χ3n) is 4.97. The van der Waals surface area contributed by atoms with Gasteiger partial charge < -0.3 is 10.6 Å². The molecule has 0 aliphatic carbocycles. The van der Waals surface area contributed by atoms with Crippen LogP contribution in [0.3, 0.4) is 0 Å². The number of carbonyl (C=O) groups is 2. The molecule has 7 heteroatoms. The van der Waals surface area contributed by atoms with Crippen LogP contribution in [0.15, 0.2) is 24.8 Å². The highest BCUT2D eigenvalue weighted by molar-refractivity contribution is 5.93. The molecule has 7 nitrogen and oxygen atoms in total. The number of hydrogen-bond donors (Lipinski definition) is 1. The third kappa shape index (κ3) is 3.61. The number of piperidine rings is 1. The van der Waals surface area contributed by atoms with Gasteiger partial charge in [-0.05, 0) is 49.3 Å². The molecule has 2 aromatic heterocycles. The van der Waals surface area contributed by atoms with Crippen molar-refractivity contribution in [2.24, 2.45) is 5.73 Å². The Hall–Kier alpha value is -2.70. The molecule has 2 aromatic rings. The number of nitrogens with two attached hydrogens (primary N) is 1. The molecule has 1 aliphatic heterocycles. The topological polar surface area (TPSA) is 94.1 Å². The SMILES string of the molecule is CCCC(=O)N1CCC(c2c(C)cc(-n3ccnc3)nc2C(N)=O)CC1. The van der Waals surface area contributed by atoms with Crippen molar-refractivity contribution < 1.29 is 9.59 Å². The number of pyridine rings is 1. The van der Waals surface area contributed by atoms with Crippen molar-refractivity contribution in [3.8, 4) is 5.82 Å². The van der Waals surface area contributed by atoms with Crippen LogP contribution in [0.25, 0.3) is 5.82 Å². The highest BCUT2D eigenvalue weighted by Crippen LogP contribution is 2.33. The molecule has 2 N–H and O–H groups in total. The van der Waals surface area contributed by atoms with Gasteiger partial charge in [0.1, 0.15) is 17.8 Å². The smallest absolute Gasteiger partial charge is 0.267 e. The highest BCUT2D eigenvalue weighted by atomic mass is 16.2. The van der Waals surface area contributed by atoms with E-state index < -0.39 is 5.91 Å². The maximum atomic E-state index is 12.1. The van der Waals surface area contributed by atoms with Crippen molar-refractivity contribution in [2.45, 2.75) is 45.4 Å².